The van der Waals surface area contributed by atoms with Gasteiger partial charge in [0.1, 0.15) is 16.8 Å². The van der Waals surface area contributed by atoms with E-state index in [9.17, 15) is 4.79 Å². The number of carbonyl (C=O) groups excluding carboxylic acids is 1. The third-order valence-electron chi connectivity index (χ3n) is 2.97. The normalized spacial score (nSPS) is 11.8. The van der Waals surface area contributed by atoms with E-state index in [2.05, 4.69) is 9.97 Å². The van der Waals surface area contributed by atoms with Crippen molar-refractivity contribution in [3.63, 3.8) is 0 Å². The fraction of sp³-hybridized carbons (Fsp3) is 0.462. The molecule has 0 atom stereocenters. The highest BCUT2D eigenvalue weighted by atomic mass is 16.5. The number of hydrogen-bond acceptors (Lipinski definition) is 4. The van der Waals surface area contributed by atoms with Crippen molar-refractivity contribution >= 4 is 17.1 Å². The lowest BCUT2D eigenvalue weighted by atomic mass is 9.92. The zero-order valence-electron chi connectivity index (χ0n) is 11.1. The maximum absolute atomic E-state index is 12.0. The molecular formula is C13H17N3O2. The molecule has 0 aliphatic carbocycles. The van der Waals surface area contributed by atoms with Gasteiger partial charge in [-0.15, -0.1) is 0 Å². The van der Waals surface area contributed by atoms with Gasteiger partial charge in [-0.2, -0.15) is 0 Å². The van der Waals surface area contributed by atoms with Crippen molar-refractivity contribution in [2.45, 2.75) is 26.2 Å². The van der Waals surface area contributed by atoms with E-state index < -0.39 is 5.41 Å². The van der Waals surface area contributed by atoms with E-state index in [1.54, 1.807) is 13.1 Å². The molecule has 2 aromatic heterocycles. The molecule has 5 nitrogen and oxygen atoms in total. The zero-order valence-corrected chi connectivity index (χ0v) is 11.1. The van der Waals surface area contributed by atoms with Crippen molar-refractivity contribution in [1.82, 2.24) is 14.5 Å². The lowest BCUT2D eigenvalue weighted by Gasteiger charge is -2.21. The molecule has 5 heteroatoms. The number of rotatable bonds is 3. The minimum atomic E-state index is -0.786. The number of aromatic nitrogens is 3. The van der Waals surface area contributed by atoms with Gasteiger partial charge in [0.25, 0.3) is 0 Å². The average molecular weight is 247 g/mol. The van der Waals surface area contributed by atoms with Crippen molar-refractivity contribution in [2.24, 2.45) is 7.05 Å². The van der Waals surface area contributed by atoms with Crippen molar-refractivity contribution in [1.29, 1.82) is 0 Å². The number of aryl methyl sites for hydroxylation is 1. The number of carbonyl (C=O) groups is 1. The topological polar surface area (TPSA) is 57.0 Å². The Morgan fingerprint density at radius 1 is 1.50 bits per heavy atom. The second kappa shape index (κ2) is 4.40. The molecule has 0 saturated heterocycles. The number of imidazole rings is 1. The summed E-state index contributed by atoms with van der Waals surface area (Å²) in [4.78, 5) is 20.8. The van der Waals surface area contributed by atoms with E-state index in [0.717, 1.165) is 11.2 Å². The van der Waals surface area contributed by atoms with E-state index in [1.807, 2.05) is 37.6 Å². The number of esters is 1. The van der Waals surface area contributed by atoms with E-state index in [4.69, 9.17) is 4.74 Å². The van der Waals surface area contributed by atoms with Crippen LogP contribution in [0.4, 0.5) is 0 Å². The summed E-state index contributed by atoms with van der Waals surface area (Å²) < 4.78 is 6.94. The molecule has 0 radical (unpaired) electrons. The Morgan fingerprint density at radius 3 is 2.83 bits per heavy atom. The van der Waals surface area contributed by atoms with Gasteiger partial charge in [-0.25, -0.2) is 9.97 Å². The summed E-state index contributed by atoms with van der Waals surface area (Å²) >= 11 is 0. The van der Waals surface area contributed by atoms with Gasteiger partial charge < -0.3 is 9.30 Å². The summed E-state index contributed by atoms with van der Waals surface area (Å²) in [6, 6.07) is 3.71. The molecule has 2 rings (SSSR count). The number of pyridine rings is 1. The predicted molar refractivity (Wildman–Crippen MR) is 68.2 cm³/mol. The van der Waals surface area contributed by atoms with Gasteiger partial charge in [0, 0.05) is 13.2 Å². The van der Waals surface area contributed by atoms with Crippen molar-refractivity contribution in [3.05, 3.63) is 24.2 Å². The van der Waals surface area contributed by atoms with Gasteiger partial charge in [-0.3, -0.25) is 4.79 Å². The summed E-state index contributed by atoms with van der Waals surface area (Å²) in [5.41, 5.74) is 0.767. The molecule has 0 aromatic carbocycles. The Labute approximate surface area is 106 Å². The summed E-state index contributed by atoms with van der Waals surface area (Å²) in [5, 5.41) is 0. The Bertz CT molecular complexity index is 587. The van der Waals surface area contributed by atoms with E-state index in [1.165, 1.54) is 0 Å². The molecule has 0 aliphatic rings. The van der Waals surface area contributed by atoms with E-state index in [-0.39, 0.29) is 5.97 Å². The first-order valence-electron chi connectivity index (χ1n) is 5.93. The van der Waals surface area contributed by atoms with Crippen LogP contribution in [0.5, 0.6) is 0 Å². The molecule has 96 valence electrons. The van der Waals surface area contributed by atoms with Gasteiger partial charge in [0.2, 0.25) is 0 Å². The van der Waals surface area contributed by atoms with Crippen molar-refractivity contribution in [2.75, 3.05) is 6.61 Å². The molecule has 2 aromatic rings. The van der Waals surface area contributed by atoms with Crippen LogP contribution < -0.4 is 0 Å². The van der Waals surface area contributed by atoms with Crippen molar-refractivity contribution < 1.29 is 9.53 Å². The Kier molecular flexibility index (Phi) is 3.07. The predicted octanol–water partition coefficient (Wildman–Crippen LogP) is 1.81. The summed E-state index contributed by atoms with van der Waals surface area (Å²) in [7, 11) is 1.86. The summed E-state index contributed by atoms with van der Waals surface area (Å²) in [6.45, 7) is 5.79. The molecule has 0 fully saturated rings. The van der Waals surface area contributed by atoms with Crippen LogP contribution >= 0.6 is 0 Å². The number of nitrogens with zero attached hydrogens (tertiary/aromatic N) is 3. The maximum Gasteiger partial charge on any atom is 0.319 e. The Hall–Kier alpha value is -1.91. The minimum Gasteiger partial charge on any atom is -0.465 e. The summed E-state index contributed by atoms with van der Waals surface area (Å²) in [6.07, 6.45) is 1.71. The molecule has 18 heavy (non-hydrogen) atoms. The smallest absolute Gasteiger partial charge is 0.319 e. The highest BCUT2D eigenvalue weighted by Crippen LogP contribution is 2.26. The average Bonchev–Trinajstić information content (AvgIpc) is 2.68. The first-order valence-corrected chi connectivity index (χ1v) is 5.93. The van der Waals surface area contributed by atoms with Crippen LogP contribution in [0.25, 0.3) is 11.2 Å². The fourth-order valence-electron chi connectivity index (χ4n) is 1.99. The van der Waals surface area contributed by atoms with Crippen LogP contribution in [0.3, 0.4) is 0 Å². The second-order valence-electron chi connectivity index (χ2n) is 4.69. The Morgan fingerprint density at radius 2 is 2.22 bits per heavy atom. The third-order valence-corrected chi connectivity index (χ3v) is 2.97. The molecule has 0 amide bonds. The van der Waals surface area contributed by atoms with Crippen LogP contribution in [0.2, 0.25) is 0 Å². The quantitative estimate of drug-likeness (QED) is 0.776. The third kappa shape index (κ3) is 1.85. The maximum atomic E-state index is 12.0. The van der Waals surface area contributed by atoms with E-state index >= 15 is 0 Å². The molecule has 0 aliphatic heterocycles. The SMILES string of the molecule is CCOC(=O)C(C)(C)c1nc2cccnc2n1C. The molecule has 0 N–H and O–H groups in total. The second-order valence-corrected chi connectivity index (χ2v) is 4.69. The summed E-state index contributed by atoms with van der Waals surface area (Å²) in [5.74, 6) is 0.387. The van der Waals surface area contributed by atoms with Crippen LogP contribution in [-0.4, -0.2) is 27.1 Å². The first kappa shape index (κ1) is 12.5. The molecular weight excluding hydrogens is 230 g/mol. The van der Waals surface area contributed by atoms with Gasteiger partial charge in [-0.1, -0.05) is 0 Å². The monoisotopic (exact) mass is 247 g/mol. The molecule has 0 saturated carbocycles. The molecule has 0 spiro atoms. The lowest BCUT2D eigenvalue weighted by molar-refractivity contribution is -0.149. The van der Waals surface area contributed by atoms with Gasteiger partial charge >= 0.3 is 5.97 Å². The minimum absolute atomic E-state index is 0.275. The van der Waals surface area contributed by atoms with Crippen LogP contribution in [0.1, 0.15) is 26.6 Å². The lowest BCUT2D eigenvalue weighted by Crippen LogP contribution is -2.33. The Balaban J connectivity index is 2.53. The standard InChI is InChI=1S/C13H17N3O2/c1-5-18-12(17)13(2,3)11-15-9-7-6-8-14-10(9)16(11)4/h6-8H,5H2,1-4H3. The molecule has 0 bridgehead atoms. The van der Waals surface area contributed by atoms with Crippen LogP contribution in [0, 0.1) is 0 Å². The highest BCUT2D eigenvalue weighted by Gasteiger charge is 2.36. The number of ether oxygens (including phenoxy) is 1. The van der Waals surface area contributed by atoms with Gasteiger partial charge in [0.05, 0.1) is 6.61 Å². The highest BCUT2D eigenvalue weighted by molar-refractivity contribution is 5.83. The van der Waals surface area contributed by atoms with Crippen LogP contribution in [0.15, 0.2) is 18.3 Å². The van der Waals surface area contributed by atoms with Crippen LogP contribution in [-0.2, 0) is 22.0 Å². The molecule has 0 unspecified atom stereocenters. The van der Waals surface area contributed by atoms with E-state index in [0.29, 0.717) is 12.4 Å². The van der Waals surface area contributed by atoms with Gasteiger partial charge in [-0.05, 0) is 32.9 Å². The zero-order chi connectivity index (χ0) is 13.3. The van der Waals surface area contributed by atoms with Crippen molar-refractivity contribution in [3.8, 4) is 0 Å². The fourth-order valence-corrected chi connectivity index (χ4v) is 1.99. The number of fused-ring (bicyclic) bond motifs is 1. The molecule has 2 heterocycles. The largest absolute Gasteiger partial charge is 0.465 e. The number of hydrogen-bond donors (Lipinski definition) is 0. The van der Waals surface area contributed by atoms with Gasteiger partial charge in [0.15, 0.2) is 5.65 Å². The first-order chi connectivity index (χ1) is 8.48.